The molecule has 0 radical (unpaired) electrons. The standard InChI is InChI=1S/C21H28ClN5OS/c22-17-3-5-18(6-4-17)25-7-9-27(10-8-25)21(23)24-16-19(20-2-1-15-29-20)26-11-13-28-14-12-26/h1-6,15,19H,7-14,16H2,(H2,23,24). The number of rotatable bonds is 5. The Hall–Kier alpha value is -1.80. The van der Waals surface area contributed by atoms with Gasteiger partial charge in [0.2, 0.25) is 0 Å². The van der Waals surface area contributed by atoms with Gasteiger partial charge < -0.3 is 20.3 Å². The Labute approximate surface area is 181 Å². The maximum Gasteiger partial charge on any atom is 0.191 e. The second-order valence-corrected chi connectivity index (χ2v) is 8.74. The Balaban J connectivity index is 1.36. The maximum absolute atomic E-state index is 6.38. The Bertz CT molecular complexity index is 784. The molecule has 1 unspecified atom stereocenters. The van der Waals surface area contributed by atoms with Crippen LogP contribution in [0.3, 0.4) is 0 Å². The molecule has 0 bridgehead atoms. The Morgan fingerprint density at radius 2 is 1.79 bits per heavy atom. The average Bonchev–Trinajstić information content (AvgIpc) is 3.30. The van der Waals surface area contributed by atoms with E-state index in [2.05, 4.69) is 44.3 Å². The lowest BCUT2D eigenvalue weighted by Crippen LogP contribution is -2.51. The van der Waals surface area contributed by atoms with Gasteiger partial charge in [0.15, 0.2) is 5.96 Å². The number of ether oxygens (including phenoxy) is 1. The van der Waals surface area contributed by atoms with Crippen LogP contribution in [-0.4, -0.2) is 74.8 Å². The van der Waals surface area contributed by atoms with Gasteiger partial charge in [-0.15, -0.1) is 11.3 Å². The van der Waals surface area contributed by atoms with Crippen LogP contribution in [0.25, 0.3) is 0 Å². The van der Waals surface area contributed by atoms with Crippen molar-refractivity contribution in [1.29, 1.82) is 0 Å². The third-order valence-electron chi connectivity index (χ3n) is 5.58. The zero-order valence-electron chi connectivity index (χ0n) is 16.5. The summed E-state index contributed by atoms with van der Waals surface area (Å²) in [5, 5.41) is 2.90. The molecule has 0 saturated carbocycles. The van der Waals surface area contributed by atoms with E-state index >= 15 is 0 Å². The van der Waals surface area contributed by atoms with Gasteiger partial charge in [0.25, 0.3) is 0 Å². The van der Waals surface area contributed by atoms with Crippen LogP contribution in [0.2, 0.25) is 5.02 Å². The number of hydrogen-bond acceptors (Lipinski definition) is 5. The monoisotopic (exact) mass is 433 g/mol. The van der Waals surface area contributed by atoms with Crippen molar-refractivity contribution in [3.63, 3.8) is 0 Å². The molecule has 1 aromatic heterocycles. The van der Waals surface area contributed by atoms with Crippen LogP contribution in [0.1, 0.15) is 10.9 Å². The van der Waals surface area contributed by atoms with Gasteiger partial charge in [-0.25, -0.2) is 0 Å². The SMILES string of the molecule is NC(=NCC(c1cccs1)N1CCOCC1)N1CCN(c2ccc(Cl)cc2)CC1. The van der Waals surface area contributed by atoms with E-state index in [1.165, 1.54) is 10.6 Å². The minimum atomic E-state index is 0.271. The van der Waals surface area contributed by atoms with Crippen molar-refractivity contribution in [2.75, 3.05) is 63.9 Å². The summed E-state index contributed by atoms with van der Waals surface area (Å²) in [7, 11) is 0. The minimum Gasteiger partial charge on any atom is -0.379 e. The first-order valence-electron chi connectivity index (χ1n) is 10.1. The Morgan fingerprint density at radius 1 is 1.07 bits per heavy atom. The Morgan fingerprint density at radius 3 is 2.45 bits per heavy atom. The lowest BCUT2D eigenvalue weighted by atomic mass is 10.2. The highest BCUT2D eigenvalue weighted by Crippen LogP contribution is 2.26. The molecule has 0 aliphatic carbocycles. The molecule has 6 nitrogen and oxygen atoms in total. The number of morpholine rings is 1. The van der Waals surface area contributed by atoms with Crippen molar-refractivity contribution >= 4 is 34.6 Å². The van der Waals surface area contributed by atoms with Gasteiger partial charge >= 0.3 is 0 Å². The van der Waals surface area contributed by atoms with Gasteiger partial charge in [-0.05, 0) is 35.7 Å². The summed E-state index contributed by atoms with van der Waals surface area (Å²) in [6.07, 6.45) is 0. The van der Waals surface area contributed by atoms with Gasteiger partial charge in [0.05, 0.1) is 25.8 Å². The molecule has 2 N–H and O–H groups in total. The first-order valence-corrected chi connectivity index (χ1v) is 11.4. The van der Waals surface area contributed by atoms with E-state index in [0.29, 0.717) is 12.5 Å². The van der Waals surface area contributed by atoms with Gasteiger partial charge in [0, 0.05) is 54.9 Å². The molecule has 3 heterocycles. The second-order valence-electron chi connectivity index (χ2n) is 7.33. The zero-order valence-corrected chi connectivity index (χ0v) is 18.1. The number of halogens is 1. The van der Waals surface area contributed by atoms with Crippen molar-refractivity contribution in [2.45, 2.75) is 6.04 Å². The number of piperazine rings is 1. The number of nitrogens with zero attached hydrogens (tertiary/aromatic N) is 4. The van der Waals surface area contributed by atoms with Crippen molar-refractivity contribution < 1.29 is 4.74 Å². The second kappa shape index (κ2) is 9.80. The van der Waals surface area contributed by atoms with Crippen molar-refractivity contribution in [3.05, 3.63) is 51.7 Å². The van der Waals surface area contributed by atoms with E-state index in [-0.39, 0.29) is 6.04 Å². The molecular weight excluding hydrogens is 406 g/mol. The molecule has 8 heteroatoms. The minimum absolute atomic E-state index is 0.271. The molecule has 1 aromatic carbocycles. The summed E-state index contributed by atoms with van der Waals surface area (Å²) in [6, 6.07) is 12.6. The van der Waals surface area contributed by atoms with Gasteiger partial charge in [-0.2, -0.15) is 0 Å². The number of hydrogen-bond donors (Lipinski definition) is 1. The summed E-state index contributed by atoms with van der Waals surface area (Å²) in [4.78, 5) is 13.2. The normalized spacial score (nSPS) is 20.1. The molecule has 0 spiro atoms. The van der Waals surface area contributed by atoms with E-state index in [1.807, 2.05) is 12.1 Å². The highest BCUT2D eigenvalue weighted by atomic mass is 35.5. The predicted octanol–water partition coefficient (Wildman–Crippen LogP) is 2.91. The summed E-state index contributed by atoms with van der Waals surface area (Å²) in [6.45, 7) is 7.74. The Kier molecular flexibility index (Phi) is 6.92. The number of nitrogens with two attached hydrogens (primary N) is 1. The number of anilines is 1. The lowest BCUT2D eigenvalue weighted by Gasteiger charge is -2.37. The summed E-state index contributed by atoms with van der Waals surface area (Å²) < 4.78 is 5.52. The molecule has 4 rings (SSSR count). The summed E-state index contributed by atoms with van der Waals surface area (Å²) in [5.74, 6) is 0.649. The van der Waals surface area contributed by atoms with E-state index in [0.717, 1.165) is 57.5 Å². The quantitative estimate of drug-likeness (QED) is 0.580. The molecule has 2 fully saturated rings. The van der Waals surface area contributed by atoms with E-state index in [1.54, 1.807) is 11.3 Å². The molecular formula is C21H28ClN5OS. The smallest absolute Gasteiger partial charge is 0.191 e. The van der Waals surface area contributed by atoms with Crippen LogP contribution < -0.4 is 10.6 Å². The third-order valence-corrected chi connectivity index (χ3v) is 6.81. The average molecular weight is 434 g/mol. The summed E-state index contributed by atoms with van der Waals surface area (Å²) >= 11 is 7.79. The number of guanidine groups is 1. The fourth-order valence-corrected chi connectivity index (χ4v) is 4.86. The third kappa shape index (κ3) is 5.22. The number of benzene rings is 1. The fraction of sp³-hybridized carbons (Fsp3) is 0.476. The van der Waals surface area contributed by atoms with Crippen LogP contribution in [-0.2, 0) is 4.74 Å². The van der Waals surface area contributed by atoms with Crippen LogP contribution in [0.15, 0.2) is 46.8 Å². The molecule has 2 aliphatic heterocycles. The number of aliphatic imine (C=N–C) groups is 1. The molecule has 0 amide bonds. The van der Waals surface area contributed by atoms with Crippen molar-refractivity contribution in [3.8, 4) is 0 Å². The van der Waals surface area contributed by atoms with Gasteiger partial charge in [0.1, 0.15) is 0 Å². The zero-order chi connectivity index (χ0) is 20.1. The summed E-state index contributed by atoms with van der Waals surface area (Å²) in [5.41, 5.74) is 7.59. The predicted molar refractivity (Wildman–Crippen MR) is 121 cm³/mol. The van der Waals surface area contributed by atoms with Gasteiger partial charge in [-0.1, -0.05) is 17.7 Å². The maximum atomic E-state index is 6.38. The lowest BCUT2D eigenvalue weighted by molar-refractivity contribution is 0.0186. The highest BCUT2D eigenvalue weighted by Gasteiger charge is 2.24. The van der Waals surface area contributed by atoms with Crippen LogP contribution in [0, 0.1) is 0 Å². The fourth-order valence-electron chi connectivity index (χ4n) is 3.88. The van der Waals surface area contributed by atoms with Gasteiger partial charge in [-0.3, -0.25) is 9.89 Å². The molecule has 2 saturated heterocycles. The van der Waals surface area contributed by atoms with Crippen LogP contribution in [0.4, 0.5) is 5.69 Å². The van der Waals surface area contributed by atoms with Crippen molar-refractivity contribution in [2.24, 2.45) is 10.7 Å². The van der Waals surface area contributed by atoms with E-state index in [9.17, 15) is 0 Å². The largest absolute Gasteiger partial charge is 0.379 e. The first kappa shape index (κ1) is 20.5. The van der Waals surface area contributed by atoms with Crippen molar-refractivity contribution in [1.82, 2.24) is 9.80 Å². The van der Waals surface area contributed by atoms with E-state index < -0.39 is 0 Å². The first-order chi connectivity index (χ1) is 14.2. The molecule has 1 atom stereocenters. The molecule has 2 aromatic rings. The topological polar surface area (TPSA) is 57.3 Å². The molecule has 2 aliphatic rings. The highest BCUT2D eigenvalue weighted by molar-refractivity contribution is 7.10. The van der Waals surface area contributed by atoms with Crippen LogP contribution >= 0.6 is 22.9 Å². The van der Waals surface area contributed by atoms with Crippen LogP contribution in [0.5, 0.6) is 0 Å². The number of thiophene rings is 1. The molecule has 29 heavy (non-hydrogen) atoms. The molecule has 156 valence electrons. The van der Waals surface area contributed by atoms with E-state index in [4.69, 9.17) is 27.1 Å².